The van der Waals surface area contributed by atoms with Crippen molar-refractivity contribution in [1.82, 2.24) is 19.6 Å². The number of carbonyl (C=O) groups excluding carboxylic acids is 2. The van der Waals surface area contributed by atoms with Gasteiger partial charge < -0.3 is 10.6 Å². The Bertz CT molecular complexity index is 1580. The van der Waals surface area contributed by atoms with Crippen LogP contribution in [-0.4, -0.2) is 57.6 Å². The van der Waals surface area contributed by atoms with Crippen LogP contribution in [0.1, 0.15) is 68.6 Å². The summed E-state index contributed by atoms with van der Waals surface area (Å²) in [5, 5.41) is 4.63. The molecule has 42 heavy (non-hydrogen) atoms. The van der Waals surface area contributed by atoms with Crippen molar-refractivity contribution in [2.75, 3.05) is 26.2 Å². The van der Waals surface area contributed by atoms with Gasteiger partial charge in [-0.25, -0.2) is 13.5 Å². The van der Waals surface area contributed by atoms with Gasteiger partial charge in [0.15, 0.2) is 0 Å². The van der Waals surface area contributed by atoms with E-state index < -0.39 is 11.7 Å². The maximum absolute atomic E-state index is 14.3. The molecule has 4 aromatic rings. The highest BCUT2D eigenvalue weighted by molar-refractivity contribution is 5.96. The van der Waals surface area contributed by atoms with Gasteiger partial charge in [-0.1, -0.05) is 36.4 Å². The first-order valence-electron chi connectivity index (χ1n) is 14.4. The van der Waals surface area contributed by atoms with Gasteiger partial charge in [-0.15, -0.1) is 0 Å². The van der Waals surface area contributed by atoms with Crippen molar-refractivity contribution in [3.63, 3.8) is 0 Å². The number of rotatable bonds is 7. The number of hydrogen-bond acceptors (Lipinski definition) is 4. The van der Waals surface area contributed by atoms with E-state index in [1.807, 2.05) is 23.1 Å². The average molecular weight is 570 g/mol. The lowest BCUT2D eigenvalue weighted by Gasteiger charge is -2.33. The molecule has 2 aliphatic heterocycles. The Morgan fingerprint density at radius 3 is 2.26 bits per heavy atom. The van der Waals surface area contributed by atoms with Crippen molar-refractivity contribution >= 4 is 11.8 Å². The van der Waals surface area contributed by atoms with Gasteiger partial charge in [-0.05, 0) is 79.9 Å². The third-order valence-corrected chi connectivity index (χ3v) is 8.53. The smallest absolute Gasteiger partial charge is 0.257 e. The summed E-state index contributed by atoms with van der Waals surface area (Å²) in [5.41, 5.74) is 9.29. The summed E-state index contributed by atoms with van der Waals surface area (Å²) in [6, 6.07) is 21.0. The van der Waals surface area contributed by atoms with Crippen molar-refractivity contribution in [2.45, 2.75) is 37.6 Å². The Morgan fingerprint density at radius 1 is 0.857 bits per heavy atom. The minimum absolute atomic E-state index is 0.0239. The highest BCUT2D eigenvalue weighted by Gasteiger charge is 2.34. The molecule has 1 atom stereocenters. The Hall–Kier alpha value is -4.37. The minimum atomic E-state index is -0.785. The number of amides is 2. The van der Waals surface area contributed by atoms with Crippen molar-refractivity contribution in [3.05, 3.63) is 119 Å². The molecule has 0 radical (unpaired) electrons. The molecule has 2 fully saturated rings. The molecule has 1 aromatic heterocycles. The van der Waals surface area contributed by atoms with E-state index in [0.717, 1.165) is 43.6 Å². The van der Waals surface area contributed by atoms with Gasteiger partial charge in [0.05, 0.1) is 28.7 Å². The summed E-state index contributed by atoms with van der Waals surface area (Å²) in [6.45, 7) is 3.37. The lowest BCUT2D eigenvalue weighted by atomic mass is 9.90. The summed E-state index contributed by atoms with van der Waals surface area (Å²) >= 11 is 0. The van der Waals surface area contributed by atoms with E-state index in [-0.39, 0.29) is 23.2 Å². The van der Waals surface area contributed by atoms with Crippen LogP contribution in [-0.2, 0) is 6.54 Å². The first-order valence-corrected chi connectivity index (χ1v) is 14.4. The SMILES string of the molecule is NC(=O)c1ccc(CN2CCC(c3c(C(=O)N4CC[C@H](c5ccccc5)C4)cnn3-c3ccc(F)cc3)CC2)cc1F. The van der Waals surface area contributed by atoms with Gasteiger partial charge in [0, 0.05) is 31.5 Å². The molecule has 0 aliphatic carbocycles. The molecular weight excluding hydrogens is 536 g/mol. The van der Waals surface area contributed by atoms with Crippen LogP contribution in [0.2, 0.25) is 0 Å². The third kappa shape index (κ3) is 5.69. The molecule has 0 unspecified atom stereocenters. The fraction of sp³-hybridized carbons (Fsp3) is 0.303. The van der Waals surface area contributed by atoms with Gasteiger partial charge in [0.25, 0.3) is 11.8 Å². The summed E-state index contributed by atoms with van der Waals surface area (Å²) in [4.78, 5) is 29.5. The maximum Gasteiger partial charge on any atom is 0.257 e. The number of benzene rings is 3. The van der Waals surface area contributed by atoms with E-state index in [0.29, 0.717) is 36.8 Å². The predicted octanol–water partition coefficient (Wildman–Crippen LogP) is 5.26. The topological polar surface area (TPSA) is 84.5 Å². The number of primary amides is 1. The maximum atomic E-state index is 14.3. The third-order valence-electron chi connectivity index (χ3n) is 8.53. The quantitative estimate of drug-likeness (QED) is 0.329. The van der Waals surface area contributed by atoms with Crippen LogP contribution in [0.4, 0.5) is 8.78 Å². The normalized spacial score (nSPS) is 18.0. The zero-order chi connectivity index (χ0) is 29.2. The molecule has 0 saturated carbocycles. The standard InChI is InChI=1S/C33H33F2N5O2/c34-26-7-9-27(10-8-26)40-31(24-12-15-38(16-13-24)20-22-6-11-28(32(36)41)30(35)18-22)29(19-37-40)33(42)39-17-14-25(21-39)23-4-2-1-3-5-23/h1-11,18-19,24-25H,12-17,20-21H2,(H2,36,41)/t25-/m0/s1. The number of piperidine rings is 1. The van der Waals surface area contributed by atoms with E-state index in [1.54, 1.807) is 29.1 Å². The number of nitrogens with zero attached hydrogens (tertiary/aromatic N) is 4. The van der Waals surface area contributed by atoms with Gasteiger partial charge in [0.1, 0.15) is 11.6 Å². The van der Waals surface area contributed by atoms with Gasteiger partial charge in [0.2, 0.25) is 0 Å². The van der Waals surface area contributed by atoms with Gasteiger partial charge in [-0.3, -0.25) is 14.5 Å². The van der Waals surface area contributed by atoms with E-state index >= 15 is 0 Å². The summed E-state index contributed by atoms with van der Waals surface area (Å²) in [5.74, 6) is -1.39. The van der Waals surface area contributed by atoms with Crippen LogP contribution < -0.4 is 5.73 Å². The molecule has 0 spiro atoms. The second-order valence-corrected chi connectivity index (χ2v) is 11.2. The lowest BCUT2D eigenvalue weighted by molar-refractivity contribution is 0.0787. The van der Waals surface area contributed by atoms with Crippen molar-refractivity contribution in [3.8, 4) is 5.69 Å². The van der Waals surface area contributed by atoms with E-state index in [4.69, 9.17) is 5.73 Å². The van der Waals surface area contributed by atoms with Gasteiger partial charge in [-0.2, -0.15) is 5.10 Å². The molecule has 216 valence electrons. The Labute approximate surface area is 243 Å². The molecule has 6 rings (SSSR count). The lowest BCUT2D eigenvalue weighted by Crippen LogP contribution is -2.34. The number of hydrogen-bond donors (Lipinski definition) is 1. The zero-order valence-electron chi connectivity index (χ0n) is 23.3. The molecule has 3 heterocycles. The summed E-state index contributed by atoms with van der Waals surface area (Å²) < 4.78 is 29.8. The van der Waals surface area contributed by atoms with E-state index in [9.17, 15) is 18.4 Å². The largest absolute Gasteiger partial charge is 0.366 e. The molecule has 7 nitrogen and oxygen atoms in total. The highest BCUT2D eigenvalue weighted by Crippen LogP contribution is 2.35. The van der Waals surface area contributed by atoms with Crippen molar-refractivity contribution in [2.24, 2.45) is 5.73 Å². The van der Waals surface area contributed by atoms with Gasteiger partial charge >= 0.3 is 0 Å². The first kappa shape index (κ1) is 27.8. The van der Waals surface area contributed by atoms with E-state index in [1.165, 1.54) is 29.8 Å². The van der Waals surface area contributed by atoms with Crippen LogP contribution in [0.3, 0.4) is 0 Å². The number of aromatic nitrogens is 2. The Balaban J connectivity index is 1.21. The minimum Gasteiger partial charge on any atom is -0.366 e. The second kappa shape index (κ2) is 11.9. The van der Waals surface area contributed by atoms with Crippen LogP contribution in [0.5, 0.6) is 0 Å². The first-order chi connectivity index (χ1) is 20.4. The highest BCUT2D eigenvalue weighted by atomic mass is 19.1. The number of carbonyl (C=O) groups is 2. The summed E-state index contributed by atoms with van der Waals surface area (Å²) in [7, 11) is 0. The molecular formula is C33H33F2N5O2. The monoisotopic (exact) mass is 569 g/mol. The van der Waals surface area contributed by atoms with Crippen LogP contribution in [0, 0.1) is 11.6 Å². The van der Waals surface area contributed by atoms with Crippen molar-refractivity contribution in [1.29, 1.82) is 0 Å². The van der Waals surface area contributed by atoms with Crippen molar-refractivity contribution < 1.29 is 18.4 Å². The fourth-order valence-electron chi connectivity index (χ4n) is 6.30. The average Bonchev–Trinajstić information content (AvgIpc) is 3.67. The van der Waals surface area contributed by atoms with Crippen LogP contribution in [0.15, 0.2) is 79.0 Å². The number of halogens is 2. The molecule has 0 bridgehead atoms. The fourth-order valence-corrected chi connectivity index (χ4v) is 6.30. The zero-order valence-corrected chi connectivity index (χ0v) is 23.3. The molecule has 2 aliphatic rings. The molecule has 2 N–H and O–H groups in total. The number of likely N-dealkylation sites (tertiary alicyclic amines) is 2. The van der Waals surface area contributed by atoms with Crippen LogP contribution in [0.25, 0.3) is 5.69 Å². The number of nitrogens with two attached hydrogens (primary N) is 1. The molecule has 9 heteroatoms. The Kier molecular flexibility index (Phi) is 7.84. The van der Waals surface area contributed by atoms with E-state index in [2.05, 4.69) is 22.1 Å². The molecule has 2 amide bonds. The predicted molar refractivity (Wildman–Crippen MR) is 155 cm³/mol. The molecule has 2 saturated heterocycles. The Morgan fingerprint density at radius 2 is 1.57 bits per heavy atom. The summed E-state index contributed by atoms with van der Waals surface area (Å²) in [6.07, 6.45) is 4.13. The van der Waals surface area contributed by atoms with Crippen LogP contribution >= 0.6 is 0 Å². The molecule has 3 aromatic carbocycles. The second-order valence-electron chi connectivity index (χ2n) is 11.2.